The largest absolute Gasteiger partial charge is 0.494 e. The van der Waals surface area contributed by atoms with Gasteiger partial charge < -0.3 is 40.2 Å². The summed E-state index contributed by atoms with van der Waals surface area (Å²) in [6.07, 6.45) is 0.262. The van der Waals surface area contributed by atoms with Crippen LogP contribution in [0, 0.1) is 34.5 Å². The summed E-state index contributed by atoms with van der Waals surface area (Å²) in [5.41, 5.74) is 4.09. The molecule has 1 unspecified atom stereocenters. The van der Waals surface area contributed by atoms with Gasteiger partial charge in [-0.25, -0.2) is 4.98 Å². The second-order valence-electron chi connectivity index (χ2n) is 19.4. The van der Waals surface area contributed by atoms with Gasteiger partial charge in [-0.05, 0) is 72.7 Å². The Hall–Kier alpha value is -5.53. The van der Waals surface area contributed by atoms with Crippen molar-refractivity contribution in [3.8, 4) is 28.0 Å². The van der Waals surface area contributed by atoms with Crippen LogP contribution in [0.1, 0.15) is 94.9 Å². The molecule has 4 aromatic rings. The minimum Gasteiger partial charge on any atom is -0.494 e. The molecule has 3 aromatic carbocycles. The zero-order valence-electron chi connectivity index (χ0n) is 38.9. The molecule has 1 saturated heterocycles. The number of aliphatic hydroxyl groups is 1. The van der Waals surface area contributed by atoms with E-state index in [1.54, 1.807) is 53.8 Å². The van der Waals surface area contributed by atoms with Crippen LogP contribution in [0.3, 0.4) is 0 Å². The smallest absolute Gasteiger partial charge is 0.251 e. The highest BCUT2D eigenvalue weighted by Gasteiger charge is 2.64. The second kappa shape index (κ2) is 21.0. The molecule has 1 aliphatic carbocycles. The van der Waals surface area contributed by atoms with Gasteiger partial charge in [0.2, 0.25) is 17.7 Å². The average molecular weight is 942 g/mol. The number of thiazole rings is 1. The molecule has 2 fully saturated rings. The fourth-order valence-electron chi connectivity index (χ4n) is 9.16. The highest BCUT2D eigenvalue weighted by Crippen LogP contribution is 2.55. The number of carbonyl (C=O) groups excluding carboxylic acids is 4. The average Bonchev–Trinajstić information content (AvgIpc) is 3.89. The second-order valence-corrected chi connectivity index (χ2v) is 20.6. The first-order chi connectivity index (χ1) is 31.2. The summed E-state index contributed by atoms with van der Waals surface area (Å²) < 4.78 is 17.9. The summed E-state index contributed by atoms with van der Waals surface area (Å²) in [5, 5.41) is 29.0. The number of rotatable bonds is 18. The number of β-amino-alcohol motifs (C(OH)–C–C–N with tert-alkyl or cyclic N) is 1. The number of ether oxygens (including phenoxy) is 3. The van der Waals surface area contributed by atoms with Crippen LogP contribution in [0.5, 0.6) is 11.5 Å². The van der Waals surface area contributed by atoms with Crippen LogP contribution in [-0.2, 0) is 25.7 Å². The molecule has 1 aliphatic heterocycles. The van der Waals surface area contributed by atoms with Crippen LogP contribution in [0.15, 0.2) is 72.2 Å². The number of hydrogen-bond acceptors (Lipinski definition) is 11. The van der Waals surface area contributed by atoms with Gasteiger partial charge in [0.05, 0.1) is 39.4 Å². The molecule has 0 spiro atoms. The minimum atomic E-state index is -0.965. The summed E-state index contributed by atoms with van der Waals surface area (Å²) in [7, 11) is 0. The summed E-state index contributed by atoms with van der Waals surface area (Å²) in [6, 6.07) is 19.8. The van der Waals surface area contributed by atoms with Gasteiger partial charge in [-0.2, -0.15) is 5.26 Å². The monoisotopic (exact) mass is 940 g/mol. The molecule has 66 heavy (non-hydrogen) atoms. The Morgan fingerprint density at radius 1 is 0.985 bits per heavy atom. The lowest BCUT2D eigenvalue weighted by Gasteiger charge is -2.63. The van der Waals surface area contributed by atoms with Crippen LogP contribution in [-0.4, -0.2) is 95.3 Å². The third-order valence-electron chi connectivity index (χ3n) is 12.4. The lowest BCUT2D eigenvalue weighted by atomic mass is 9.49. The number of benzene rings is 3. The normalized spacial score (nSPS) is 20.0. The first-order valence-corrected chi connectivity index (χ1v) is 23.5. The molecule has 6 rings (SSSR count). The number of hydrogen-bond donors (Lipinski definition) is 4. The Kier molecular flexibility index (Phi) is 15.9. The maximum atomic E-state index is 14.0. The topological polar surface area (TPSA) is 192 Å². The molecule has 2 aliphatic rings. The quantitative estimate of drug-likeness (QED) is 0.0740. The van der Waals surface area contributed by atoms with Gasteiger partial charge in [0.25, 0.3) is 5.91 Å². The van der Waals surface area contributed by atoms with Crippen LogP contribution < -0.4 is 25.4 Å². The van der Waals surface area contributed by atoms with Gasteiger partial charge in [-0.1, -0.05) is 84.3 Å². The van der Waals surface area contributed by atoms with Crippen LogP contribution in [0.4, 0.5) is 0 Å². The number of likely N-dealkylation sites (tertiary alicyclic amines) is 1. The van der Waals surface area contributed by atoms with Gasteiger partial charge in [-0.15, -0.1) is 11.3 Å². The van der Waals surface area contributed by atoms with Crippen molar-refractivity contribution in [3.63, 3.8) is 0 Å². The van der Waals surface area contributed by atoms with E-state index in [9.17, 15) is 29.5 Å². The van der Waals surface area contributed by atoms with Crippen molar-refractivity contribution in [1.29, 1.82) is 5.26 Å². The summed E-state index contributed by atoms with van der Waals surface area (Å²) in [5.74, 6) is -0.306. The van der Waals surface area contributed by atoms with E-state index < -0.39 is 46.2 Å². The van der Waals surface area contributed by atoms with E-state index in [1.165, 1.54) is 4.90 Å². The number of unbranched alkanes of at least 4 members (excludes halogenated alkanes) is 1. The number of nitrogens with zero attached hydrogens (tertiary/aromatic N) is 3. The van der Waals surface area contributed by atoms with E-state index in [0.717, 1.165) is 21.7 Å². The predicted octanol–water partition coefficient (Wildman–Crippen LogP) is 7.24. The molecule has 16 heteroatoms. The third-order valence-corrected chi connectivity index (χ3v) is 13.7. The van der Waals surface area contributed by atoms with Crippen molar-refractivity contribution >= 4 is 46.6 Å². The van der Waals surface area contributed by atoms with Crippen molar-refractivity contribution in [3.05, 3.63) is 99.6 Å². The van der Waals surface area contributed by atoms with Gasteiger partial charge in [0.15, 0.2) is 0 Å². The molecule has 3 atom stereocenters. The standard InChI is InChI=1S/C50H61ClN6O8S/c1-30-41(66-29-54-30)32-13-11-31(12-14-32)26-53-44(61)39-23-35(58)27-57(39)45(62)42(48(2,3)4)55-40(59)28-63-21-9-10-22-64-36-18-15-33(16-19-36)43(60)56-46-49(5,6)47(50(46,7)8)65-37-20-17-34(25-52)38(51)24-37/h11-20,24,29,35,39,42,46-47,58H,9-10,21-23,26-28H2,1-8H3,(H,53,61)(H,55,59)(H,56,60)/t35-,39+,42?,46-,47-/m1/s1. The fourth-order valence-corrected chi connectivity index (χ4v) is 10.2. The van der Waals surface area contributed by atoms with Crippen molar-refractivity contribution in [2.45, 2.75) is 112 Å². The number of carbonyl (C=O) groups is 4. The zero-order valence-corrected chi connectivity index (χ0v) is 40.5. The lowest BCUT2D eigenvalue weighted by molar-refractivity contribution is -0.164. The Bertz CT molecular complexity index is 2390. The van der Waals surface area contributed by atoms with Crippen molar-refractivity contribution in [2.24, 2.45) is 16.2 Å². The molecule has 0 radical (unpaired) electrons. The van der Waals surface area contributed by atoms with E-state index in [0.29, 0.717) is 53.7 Å². The van der Waals surface area contributed by atoms with Crippen LogP contribution >= 0.6 is 22.9 Å². The third kappa shape index (κ3) is 11.7. The molecule has 4 N–H and O–H groups in total. The Labute approximate surface area is 396 Å². The number of aliphatic hydroxyl groups excluding tert-OH is 1. The first kappa shape index (κ1) is 49.9. The van der Waals surface area contributed by atoms with Crippen molar-refractivity contribution in [2.75, 3.05) is 26.4 Å². The lowest BCUT2D eigenvalue weighted by Crippen LogP contribution is -2.74. The molecular weight excluding hydrogens is 880 g/mol. The van der Waals surface area contributed by atoms with Crippen LogP contribution in [0.25, 0.3) is 10.4 Å². The van der Waals surface area contributed by atoms with Crippen LogP contribution in [0.2, 0.25) is 5.02 Å². The first-order valence-electron chi connectivity index (χ1n) is 22.2. The Morgan fingerprint density at radius 2 is 1.65 bits per heavy atom. The highest BCUT2D eigenvalue weighted by molar-refractivity contribution is 7.13. The predicted molar refractivity (Wildman–Crippen MR) is 253 cm³/mol. The Balaban J connectivity index is 0.896. The molecule has 4 amide bonds. The number of aromatic nitrogens is 1. The van der Waals surface area contributed by atoms with Gasteiger partial charge in [0.1, 0.15) is 42.4 Å². The van der Waals surface area contributed by atoms with E-state index in [1.807, 2.05) is 57.5 Å². The maximum Gasteiger partial charge on any atom is 0.251 e. The molecule has 1 saturated carbocycles. The number of nitrogens with one attached hydrogen (secondary N) is 3. The van der Waals surface area contributed by atoms with E-state index in [2.05, 4.69) is 54.7 Å². The minimum absolute atomic E-state index is 0.0190. The molecule has 0 bridgehead atoms. The summed E-state index contributed by atoms with van der Waals surface area (Å²) in [6.45, 7) is 16.3. The Morgan fingerprint density at radius 3 is 2.27 bits per heavy atom. The molecule has 1 aromatic heterocycles. The van der Waals surface area contributed by atoms with E-state index in [-0.39, 0.29) is 50.1 Å². The van der Waals surface area contributed by atoms with Crippen molar-refractivity contribution in [1.82, 2.24) is 25.8 Å². The molecule has 14 nitrogen and oxygen atoms in total. The zero-order chi connectivity index (χ0) is 48.0. The summed E-state index contributed by atoms with van der Waals surface area (Å²) >= 11 is 7.80. The number of aryl methyl sites for hydroxylation is 1. The van der Waals surface area contributed by atoms with Gasteiger partial charge in [0, 0.05) is 54.6 Å². The SMILES string of the molecule is Cc1ncsc1-c1ccc(CNC(=O)[C@@H]2C[C@@H](O)CN2C(=O)C(NC(=O)COCCCCOc2ccc(C(=O)N[C@H]3C(C)(C)[C@H](Oc4ccc(C#N)c(Cl)c4)C3(C)C)cc2)C(C)(C)C)cc1. The summed E-state index contributed by atoms with van der Waals surface area (Å²) in [4.78, 5) is 60.6. The maximum absolute atomic E-state index is 14.0. The number of nitriles is 1. The highest BCUT2D eigenvalue weighted by atomic mass is 35.5. The molecule has 352 valence electrons. The van der Waals surface area contributed by atoms with E-state index in [4.69, 9.17) is 25.8 Å². The fraction of sp³-hybridized carbons (Fsp3) is 0.480. The number of amides is 4. The molecular formula is C50H61ClN6O8S. The van der Waals surface area contributed by atoms with E-state index >= 15 is 0 Å². The van der Waals surface area contributed by atoms with Crippen molar-refractivity contribution < 1.29 is 38.5 Å². The molecule has 2 heterocycles. The number of halogens is 1. The van der Waals surface area contributed by atoms with Gasteiger partial charge >= 0.3 is 0 Å². The van der Waals surface area contributed by atoms with Gasteiger partial charge in [-0.3, -0.25) is 19.2 Å².